The summed E-state index contributed by atoms with van der Waals surface area (Å²) < 4.78 is 0.824. The molecule has 2 aromatic rings. The third-order valence-electron chi connectivity index (χ3n) is 6.67. The molecule has 0 aliphatic carbocycles. The maximum Gasteiger partial charge on any atom is 0.335 e. The van der Waals surface area contributed by atoms with Crippen LogP contribution < -0.4 is 15.1 Å². The van der Waals surface area contributed by atoms with Crippen LogP contribution in [-0.2, 0) is 9.59 Å². The molecule has 178 valence electrons. The standard InChI is InChI=1S/C27H30BrN3O3/c1-15(2)31-23-11-16(3)18(12-21(23)17(4)14-27(31,5)6)13-22-24(32)29-26(34)30(25(22)33)20-9-7-19(28)8-10-20/h7-13,15,17H,14H2,1-6H3,(H,29,32,34)/b22-13+/t17-/m0/s1. The van der Waals surface area contributed by atoms with Crippen LogP contribution in [0.3, 0.4) is 0 Å². The second-order valence-electron chi connectivity index (χ2n) is 10.1. The number of nitrogens with one attached hydrogen (secondary N) is 1. The minimum atomic E-state index is -0.750. The topological polar surface area (TPSA) is 69.7 Å². The second kappa shape index (κ2) is 8.69. The van der Waals surface area contributed by atoms with E-state index >= 15 is 0 Å². The Hall–Kier alpha value is -2.93. The molecule has 0 aromatic heterocycles. The van der Waals surface area contributed by atoms with Gasteiger partial charge in [0, 0.05) is 21.7 Å². The first-order chi connectivity index (χ1) is 15.9. The Morgan fingerprint density at radius 3 is 2.38 bits per heavy atom. The van der Waals surface area contributed by atoms with E-state index in [1.54, 1.807) is 30.3 Å². The van der Waals surface area contributed by atoms with E-state index in [0.717, 1.165) is 26.9 Å². The number of carbonyl (C=O) groups is 3. The number of anilines is 2. The highest BCUT2D eigenvalue weighted by molar-refractivity contribution is 9.10. The Morgan fingerprint density at radius 2 is 1.76 bits per heavy atom. The summed E-state index contributed by atoms with van der Waals surface area (Å²) in [6, 6.07) is 10.6. The average molecular weight is 524 g/mol. The molecule has 0 bridgehead atoms. The summed E-state index contributed by atoms with van der Waals surface area (Å²) >= 11 is 3.36. The molecule has 0 spiro atoms. The van der Waals surface area contributed by atoms with Crippen LogP contribution in [0.5, 0.6) is 0 Å². The van der Waals surface area contributed by atoms with Gasteiger partial charge in [-0.15, -0.1) is 0 Å². The van der Waals surface area contributed by atoms with Crippen molar-refractivity contribution in [3.8, 4) is 0 Å². The van der Waals surface area contributed by atoms with Gasteiger partial charge in [-0.25, -0.2) is 9.69 Å². The van der Waals surface area contributed by atoms with Gasteiger partial charge in [-0.2, -0.15) is 0 Å². The average Bonchev–Trinajstić information content (AvgIpc) is 2.72. The molecule has 1 N–H and O–H groups in total. The maximum atomic E-state index is 13.3. The molecule has 4 rings (SSSR count). The number of amides is 4. The van der Waals surface area contributed by atoms with Crippen LogP contribution in [-0.4, -0.2) is 29.4 Å². The summed E-state index contributed by atoms with van der Waals surface area (Å²) in [5.74, 6) is -0.987. The number of imide groups is 2. The summed E-state index contributed by atoms with van der Waals surface area (Å²) in [5.41, 5.74) is 4.54. The van der Waals surface area contributed by atoms with E-state index in [1.807, 2.05) is 6.92 Å². The van der Waals surface area contributed by atoms with Crippen LogP contribution in [0.4, 0.5) is 16.2 Å². The fourth-order valence-electron chi connectivity index (χ4n) is 5.38. The minimum absolute atomic E-state index is 0.0256. The zero-order valence-electron chi connectivity index (χ0n) is 20.4. The zero-order chi connectivity index (χ0) is 24.9. The highest BCUT2D eigenvalue weighted by Crippen LogP contribution is 2.45. The number of urea groups is 1. The number of barbiturate groups is 1. The molecular weight excluding hydrogens is 494 g/mol. The summed E-state index contributed by atoms with van der Waals surface area (Å²) in [5, 5.41) is 2.31. The second-order valence-corrected chi connectivity index (χ2v) is 11.0. The number of benzene rings is 2. The number of rotatable bonds is 3. The summed E-state index contributed by atoms with van der Waals surface area (Å²) in [4.78, 5) is 41.9. The maximum absolute atomic E-state index is 13.3. The van der Waals surface area contributed by atoms with E-state index < -0.39 is 17.8 Å². The minimum Gasteiger partial charge on any atom is -0.364 e. The highest BCUT2D eigenvalue weighted by Gasteiger charge is 2.39. The van der Waals surface area contributed by atoms with Gasteiger partial charge < -0.3 is 4.90 Å². The molecule has 4 amide bonds. The van der Waals surface area contributed by atoms with Gasteiger partial charge in [-0.05, 0) is 106 Å². The predicted octanol–water partition coefficient (Wildman–Crippen LogP) is 5.92. The quantitative estimate of drug-likeness (QED) is 0.400. The van der Waals surface area contributed by atoms with Gasteiger partial charge in [0.25, 0.3) is 11.8 Å². The Balaban J connectivity index is 1.78. The van der Waals surface area contributed by atoms with E-state index in [9.17, 15) is 14.4 Å². The van der Waals surface area contributed by atoms with Crippen molar-refractivity contribution in [2.45, 2.75) is 65.5 Å². The van der Waals surface area contributed by atoms with E-state index in [4.69, 9.17) is 0 Å². The fraction of sp³-hybridized carbons (Fsp3) is 0.370. The van der Waals surface area contributed by atoms with Crippen LogP contribution in [0.25, 0.3) is 6.08 Å². The SMILES string of the molecule is Cc1cc2c(cc1/C=C1\C(=O)NC(=O)N(c3ccc(Br)cc3)C1=O)[C@@H](C)CC(C)(C)N2C(C)C. The molecule has 2 aromatic carbocycles. The summed E-state index contributed by atoms with van der Waals surface area (Å²) in [6.07, 6.45) is 2.61. The molecule has 7 heteroatoms. The van der Waals surface area contributed by atoms with Gasteiger partial charge >= 0.3 is 6.03 Å². The van der Waals surface area contributed by atoms with Crippen molar-refractivity contribution >= 4 is 51.2 Å². The van der Waals surface area contributed by atoms with Crippen molar-refractivity contribution in [3.05, 3.63) is 63.1 Å². The molecule has 1 atom stereocenters. The lowest BCUT2D eigenvalue weighted by Crippen LogP contribution is -2.54. The van der Waals surface area contributed by atoms with Gasteiger partial charge in [0.2, 0.25) is 0 Å². The Labute approximate surface area is 209 Å². The van der Waals surface area contributed by atoms with Crippen molar-refractivity contribution in [1.82, 2.24) is 5.32 Å². The van der Waals surface area contributed by atoms with E-state index in [2.05, 4.69) is 72.9 Å². The van der Waals surface area contributed by atoms with Gasteiger partial charge in [0.15, 0.2) is 0 Å². The first-order valence-corrected chi connectivity index (χ1v) is 12.3. The molecule has 2 aliphatic heterocycles. The van der Waals surface area contributed by atoms with Gasteiger partial charge in [-0.3, -0.25) is 14.9 Å². The van der Waals surface area contributed by atoms with E-state index in [1.165, 1.54) is 11.3 Å². The number of carbonyl (C=O) groups excluding carboxylic acids is 3. The molecule has 34 heavy (non-hydrogen) atoms. The lowest BCUT2D eigenvalue weighted by atomic mass is 9.78. The smallest absolute Gasteiger partial charge is 0.335 e. The monoisotopic (exact) mass is 523 g/mol. The molecule has 6 nitrogen and oxygen atoms in total. The van der Waals surface area contributed by atoms with Crippen molar-refractivity contribution in [2.75, 3.05) is 9.80 Å². The van der Waals surface area contributed by atoms with Crippen molar-refractivity contribution in [2.24, 2.45) is 0 Å². The molecule has 1 fully saturated rings. The van der Waals surface area contributed by atoms with Crippen molar-refractivity contribution in [3.63, 3.8) is 0 Å². The summed E-state index contributed by atoms with van der Waals surface area (Å²) in [6.45, 7) is 13.2. The zero-order valence-corrected chi connectivity index (χ0v) is 22.0. The highest BCUT2D eigenvalue weighted by atomic mass is 79.9. The Kier molecular flexibility index (Phi) is 6.19. The van der Waals surface area contributed by atoms with Gasteiger partial charge in [0.1, 0.15) is 5.57 Å². The number of hydrogen-bond donors (Lipinski definition) is 1. The third-order valence-corrected chi connectivity index (χ3v) is 7.20. The number of aryl methyl sites for hydroxylation is 1. The van der Waals surface area contributed by atoms with Gasteiger partial charge in [0.05, 0.1) is 5.69 Å². The normalized spacial score (nSPS) is 21.2. The summed E-state index contributed by atoms with van der Waals surface area (Å²) in [7, 11) is 0. The van der Waals surface area contributed by atoms with Crippen LogP contribution in [0, 0.1) is 6.92 Å². The number of halogens is 1. The van der Waals surface area contributed by atoms with Gasteiger partial charge in [-0.1, -0.05) is 22.9 Å². The lowest BCUT2D eigenvalue weighted by Gasteiger charge is -2.50. The number of fused-ring (bicyclic) bond motifs is 1. The van der Waals surface area contributed by atoms with Crippen LogP contribution in [0.15, 0.2) is 46.4 Å². The molecule has 0 saturated carbocycles. The largest absolute Gasteiger partial charge is 0.364 e. The Morgan fingerprint density at radius 1 is 1.12 bits per heavy atom. The molecule has 1 saturated heterocycles. The molecule has 2 aliphatic rings. The van der Waals surface area contributed by atoms with E-state index in [-0.39, 0.29) is 11.1 Å². The van der Waals surface area contributed by atoms with Crippen LogP contribution in [0.2, 0.25) is 0 Å². The molecule has 0 radical (unpaired) electrons. The number of nitrogens with zero attached hydrogens (tertiary/aromatic N) is 2. The molecule has 2 heterocycles. The van der Waals surface area contributed by atoms with Crippen molar-refractivity contribution < 1.29 is 14.4 Å². The first kappa shape index (κ1) is 24.2. The van der Waals surface area contributed by atoms with E-state index in [0.29, 0.717) is 17.6 Å². The molecule has 0 unspecified atom stereocenters. The van der Waals surface area contributed by atoms with Crippen LogP contribution >= 0.6 is 15.9 Å². The van der Waals surface area contributed by atoms with Crippen molar-refractivity contribution in [1.29, 1.82) is 0 Å². The lowest BCUT2D eigenvalue weighted by molar-refractivity contribution is -0.122. The Bertz CT molecular complexity index is 1210. The molecular formula is C27H30BrN3O3. The third kappa shape index (κ3) is 4.17. The number of hydrogen-bond acceptors (Lipinski definition) is 4. The first-order valence-electron chi connectivity index (χ1n) is 11.5. The predicted molar refractivity (Wildman–Crippen MR) is 139 cm³/mol. The fourth-order valence-corrected chi connectivity index (χ4v) is 5.65. The van der Waals surface area contributed by atoms with Crippen LogP contribution in [0.1, 0.15) is 63.6 Å².